The summed E-state index contributed by atoms with van der Waals surface area (Å²) < 4.78 is 5.29. The van der Waals surface area contributed by atoms with Gasteiger partial charge in [0.2, 0.25) is 17.8 Å². The first-order valence-electron chi connectivity index (χ1n) is 6.80. The van der Waals surface area contributed by atoms with E-state index in [0.717, 1.165) is 12.8 Å². The minimum absolute atomic E-state index is 0.279. The predicted octanol–water partition coefficient (Wildman–Crippen LogP) is 0.770. The number of hydrogen-bond donors (Lipinski definition) is 3. The van der Waals surface area contributed by atoms with Crippen molar-refractivity contribution in [3.63, 3.8) is 0 Å². The van der Waals surface area contributed by atoms with E-state index in [-0.39, 0.29) is 11.9 Å². The van der Waals surface area contributed by atoms with Gasteiger partial charge in [0.25, 0.3) is 0 Å². The first kappa shape index (κ1) is 15.9. The third kappa shape index (κ3) is 6.17. The molecule has 1 aromatic rings. The third-order valence-electron chi connectivity index (χ3n) is 2.36. The predicted molar refractivity (Wildman–Crippen MR) is 76.7 cm³/mol. The van der Waals surface area contributed by atoms with Gasteiger partial charge in [-0.15, -0.1) is 0 Å². The van der Waals surface area contributed by atoms with E-state index >= 15 is 0 Å². The molecule has 0 aromatic carbocycles. The summed E-state index contributed by atoms with van der Waals surface area (Å²) in [6.07, 6.45) is 1.95. The van der Waals surface area contributed by atoms with Gasteiger partial charge >= 0.3 is 6.01 Å². The van der Waals surface area contributed by atoms with Gasteiger partial charge in [-0.05, 0) is 26.7 Å². The van der Waals surface area contributed by atoms with Crippen LogP contribution in [-0.2, 0) is 4.79 Å². The van der Waals surface area contributed by atoms with Gasteiger partial charge in [-0.1, -0.05) is 0 Å². The van der Waals surface area contributed by atoms with Gasteiger partial charge in [-0.2, -0.15) is 15.0 Å². The quantitative estimate of drug-likeness (QED) is 0.543. The summed E-state index contributed by atoms with van der Waals surface area (Å²) >= 11 is 0. The van der Waals surface area contributed by atoms with Crippen LogP contribution in [0.4, 0.5) is 11.9 Å². The Labute approximate surface area is 118 Å². The second-order valence-corrected chi connectivity index (χ2v) is 4.08. The summed E-state index contributed by atoms with van der Waals surface area (Å²) in [7, 11) is 0. The number of nitrogens with one attached hydrogen (secondary N) is 2. The highest BCUT2D eigenvalue weighted by Gasteiger charge is 2.06. The number of anilines is 2. The number of carbonyl (C=O) groups excluding carboxylic acids is 1. The summed E-state index contributed by atoms with van der Waals surface area (Å²) in [6, 6.07) is 0.290. The first-order valence-corrected chi connectivity index (χ1v) is 6.80. The van der Waals surface area contributed by atoms with Crippen LogP contribution in [0.1, 0.15) is 33.1 Å². The molecule has 0 aliphatic rings. The number of unbranched alkanes of at least 4 members (excludes halogenated alkanes) is 1. The van der Waals surface area contributed by atoms with Gasteiger partial charge < -0.3 is 21.1 Å². The second kappa shape index (κ2) is 8.89. The Morgan fingerprint density at radius 2 is 1.85 bits per heavy atom. The Hall–Kier alpha value is -2.12. The molecule has 0 fully saturated rings. The zero-order chi connectivity index (χ0) is 14.8. The van der Waals surface area contributed by atoms with Crippen LogP contribution >= 0.6 is 0 Å². The number of nitrogens with zero attached hydrogens (tertiary/aromatic N) is 3. The number of ether oxygens (including phenoxy) is 1. The molecule has 0 unspecified atom stereocenters. The third-order valence-corrected chi connectivity index (χ3v) is 2.36. The highest BCUT2D eigenvalue weighted by atomic mass is 16.5. The SMILES string of the molecule is CCNc1nc(NCCCCC(N)=O)nc(OCC)n1. The van der Waals surface area contributed by atoms with Gasteiger partial charge in [-0.25, -0.2) is 0 Å². The lowest BCUT2D eigenvalue weighted by Crippen LogP contribution is -2.13. The van der Waals surface area contributed by atoms with Crippen molar-refractivity contribution >= 4 is 17.8 Å². The Morgan fingerprint density at radius 3 is 2.45 bits per heavy atom. The molecule has 0 atom stereocenters. The van der Waals surface area contributed by atoms with Crippen LogP contribution in [0.3, 0.4) is 0 Å². The van der Waals surface area contributed by atoms with Crippen molar-refractivity contribution in [2.24, 2.45) is 5.73 Å². The number of primary amides is 1. The zero-order valence-electron chi connectivity index (χ0n) is 12.0. The molecule has 4 N–H and O–H groups in total. The molecule has 0 aliphatic heterocycles. The summed E-state index contributed by atoms with van der Waals surface area (Å²) in [4.78, 5) is 23.1. The van der Waals surface area contributed by atoms with Crippen LogP contribution in [0, 0.1) is 0 Å². The summed E-state index contributed by atoms with van der Waals surface area (Å²) in [6.45, 7) is 5.70. The van der Waals surface area contributed by atoms with E-state index in [1.165, 1.54) is 0 Å². The normalized spacial score (nSPS) is 10.1. The van der Waals surface area contributed by atoms with E-state index in [0.29, 0.717) is 38.0 Å². The number of rotatable bonds is 10. The fourth-order valence-electron chi connectivity index (χ4n) is 1.49. The van der Waals surface area contributed by atoms with Crippen LogP contribution in [0.25, 0.3) is 0 Å². The molecule has 20 heavy (non-hydrogen) atoms. The van der Waals surface area contributed by atoms with E-state index in [2.05, 4.69) is 25.6 Å². The second-order valence-electron chi connectivity index (χ2n) is 4.08. The lowest BCUT2D eigenvalue weighted by atomic mass is 10.2. The fourth-order valence-corrected chi connectivity index (χ4v) is 1.49. The van der Waals surface area contributed by atoms with Crippen molar-refractivity contribution in [1.29, 1.82) is 0 Å². The molecule has 112 valence electrons. The highest BCUT2D eigenvalue weighted by molar-refractivity contribution is 5.73. The summed E-state index contributed by atoms with van der Waals surface area (Å²) in [5, 5.41) is 6.10. The summed E-state index contributed by atoms with van der Waals surface area (Å²) in [5.41, 5.74) is 5.08. The standard InChI is InChI=1S/C12H22N6O2/c1-3-14-10-16-11(18-12(17-10)20-4-2)15-8-6-5-7-9(13)19/h3-8H2,1-2H3,(H2,13,19)(H2,14,15,16,17,18). The Balaban J connectivity index is 2.52. The van der Waals surface area contributed by atoms with Gasteiger partial charge in [0.05, 0.1) is 6.61 Å². The topological polar surface area (TPSA) is 115 Å². The lowest BCUT2D eigenvalue weighted by Gasteiger charge is -2.09. The first-order chi connectivity index (χ1) is 9.65. The van der Waals surface area contributed by atoms with Crippen molar-refractivity contribution in [2.45, 2.75) is 33.1 Å². The van der Waals surface area contributed by atoms with Crippen LogP contribution < -0.4 is 21.1 Å². The van der Waals surface area contributed by atoms with Crippen molar-refractivity contribution in [3.05, 3.63) is 0 Å². The fraction of sp³-hybridized carbons (Fsp3) is 0.667. The van der Waals surface area contributed by atoms with Crippen LogP contribution in [0.5, 0.6) is 6.01 Å². The Morgan fingerprint density at radius 1 is 1.15 bits per heavy atom. The number of aromatic nitrogens is 3. The van der Waals surface area contributed by atoms with Gasteiger partial charge in [-0.3, -0.25) is 4.79 Å². The zero-order valence-corrected chi connectivity index (χ0v) is 12.0. The highest BCUT2D eigenvalue weighted by Crippen LogP contribution is 2.11. The maximum absolute atomic E-state index is 10.6. The molecule has 1 aromatic heterocycles. The minimum atomic E-state index is -0.279. The molecule has 8 nitrogen and oxygen atoms in total. The smallest absolute Gasteiger partial charge is 0.323 e. The maximum atomic E-state index is 10.6. The molecule has 0 aliphatic carbocycles. The van der Waals surface area contributed by atoms with E-state index in [1.807, 2.05) is 13.8 Å². The summed E-state index contributed by atoms with van der Waals surface area (Å²) in [5.74, 6) is 0.655. The molecule has 8 heteroatoms. The molecule has 1 amide bonds. The molecule has 0 radical (unpaired) electrons. The van der Waals surface area contributed by atoms with Crippen molar-refractivity contribution < 1.29 is 9.53 Å². The molecular weight excluding hydrogens is 260 g/mol. The van der Waals surface area contributed by atoms with Crippen molar-refractivity contribution in [3.8, 4) is 6.01 Å². The molecule has 1 heterocycles. The Kier molecular flexibility index (Phi) is 7.08. The molecule has 1 rings (SSSR count). The van der Waals surface area contributed by atoms with E-state index < -0.39 is 0 Å². The average Bonchev–Trinajstić information content (AvgIpc) is 2.38. The van der Waals surface area contributed by atoms with Crippen LogP contribution in [0.2, 0.25) is 0 Å². The van der Waals surface area contributed by atoms with Gasteiger partial charge in [0, 0.05) is 19.5 Å². The maximum Gasteiger partial charge on any atom is 0.323 e. The number of carbonyl (C=O) groups is 1. The molecule has 0 bridgehead atoms. The van der Waals surface area contributed by atoms with E-state index in [9.17, 15) is 4.79 Å². The van der Waals surface area contributed by atoms with E-state index in [4.69, 9.17) is 10.5 Å². The molecule has 0 saturated carbocycles. The molecule has 0 spiro atoms. The van der Waals surface area contributed by atoms with Gasteiger partial charge in [0.1, 0.15) is 0 Å². The van der Waals surface area contributed by atoms with Crippen LogP contribution in [0.15, 0.2) is 0 Å². The van der Waals surface area contributed by atoms with Gasteiger partial charge in [0.15, 0.2) is 0 Å². The molecule has 0 saturated heterocycles. The monoisotopic (exact) mass is 282 g/mol. The minimum Gasteiger partial charge on any atom is -0.464 e. The van der Waals surface area contributed by atoms with E-state index in [1.54, 1.807) is 0 Å². The Bertz CT molecular complexity index is 402. The average molecular weight is 282 g/mol. The largest absolute Gasteiger partial charge is 0.464 e. The molecular formula is C12H22N6O2. The lowest BCUT2D eigenvalue weighted by molar-refractivity contribution is -0.118. The van der Waals surface area contributed by atoms with Crippen molar-refractivity contribution in [1.82, 2.24) is 15.0 Å². The number of amides is 1. The number of hydrogen-bond acceptors (Lipinski definition) is 7. The van der Waals surface area contributed by atoms with Crippen molar-refractivity contribution in [2.75, 3.05) is 30.3 Å². The number of nitrogens with two attached hydrogens (primary N) is 1. The van der Waals surface area contributed by atoms with Crippen LogP contribution in [-0.4, -0.2) is 40.6 Å².